The summed E-state index contributed by atoms with van der Waals surface area (Å²) in [4.78, 5) is 22.1. The molecule has 7 heteroatoms. The second kappa shape index (κ2) is 9.17. The van der Waals surface area contributed by atoms with Gasteiger partial charge < -0.3 is 5.32 Å². The Bertz CT molecular complexity index is 1260. The molecule has 2 N–H and O–H groups in total. The molecule has 34 heavy (non-hydrogen) atoms. The van der Waals surface area contributed by atoms with Crippen LogP contribution < -0.4 is 5.32 Å². The van der Waals surface area contributed by atoms with Crippen LogP contribution in [-0.2, 0) is 17.3 Å². The molecule has 1 fully saturated rings. The number of amides is 1. The van der Waals surface area contributed by atoms with E-state index >= 15 is 0 Å². The maximum Gasteiger partial charge on any atom is 0.236 e. The molecule has 3 heterocycles. The van der Waals surface area contributed by atoms with Gasteiger partial charge in [0.25, 0.3) is 0 Å². The molecule has 172 valence electrons. The van der Waals surface area contributed by atoms with Crippen molar-refractivity contribution in [3.63, 3.8) is 0 Å². The van der Waals surface area contributed by atoms with Gasteiger partial charge in [0.1, 0.15) is 11.7 Å². The molecule has 1 saturated carbocycles. The SMILES string of the molecule is Cn1cc(-c2ccc(NC(=O)C3(c4ccc(/C5=C/CCCC(=N)N=C5)cc4)CCC3)nc2)cn1. The van der Waals surface area contributed by atoms with E-state index in [2.05, 4.69) is 50.7 Å². The molecule has 0 spiro atoms. The largest absolute Gasteiger partial charge is 0.310 e. The van der Waals surface area contributed by atoms with Gasteiger partial charge in [0, 0.05) is 43.2 Å². The topological polar surface area (TPSA) is 96.0 Å². The van der Waals surface area contributed by atoms with Crippen molar-refractivity contribution in [1.29, 1.82) is 5.41 Å². The number of aliphatic imine (C=N–C) groups is 1. The molecule has 0 radical (unpaired) electrons. The molecule has 0 saturated heterocycles. The van der Waals surface area contributed by atoms with Crippen molar-refractivity contribution in [2.24, 2.45) is 12.0 Å². The number of carbonyl (C=O) groups excluding carboxylic acids is 1. The van der Waals surface area contributed by atoms with E-state index in [1.54, 1.807) is 23.3 Å². The molecule has 0 unspecified atom stereocenters. The number of aromatic nitrogens is 3. The molecular formula is C27H28N6O. The van der Waals surface area contributed by atoms with Crippen molar-refractivity contribution in [1.82, 2.24) is 14.8 Å². The average molecular weight is 453 g/mol. The molecule has 1 amide bonds. The second-order valence-electron chi connectivity index (χ2n) is 9.06. The fourth-order valence-electron chi connectivity index (χ4n) is 4.59. The first-order chi connectivity index (χ1) is 16.5. The second-order valence-corrected chi connectivity index (χ2v) is 9.06. The minimum Gasteiger partial charge on any atom is -0.310 e. The summed E-state index contributed by atoms with van der Waals surface area (Å²) in [6.07, 6.45) is 14.7. The van der Waals surface area contributed by atoms with Crippen molar-refractivity contribution < 1.29 is 4.79 Å². The van der Waals surface area contributed by atoms with Gasteiger partial charge in [0.05, 0.1) is 11.6 Å². The Balaban J connectivity index is 1.32. The van der Waals surface area contributed by atoms with Gasteiger partial charge in [0.15, 0.2) is 0 Å². The van der Waals surface area contributed by atoms with Crippen LogP contribution in [0.15, 0.2) is 66.1 Å². The van der Waals surface area contributed by atoms with E-state index in [1.165, 1.54) is 0 Å². The van der Waals surface area contributed by atoms with Gasteiger partial charge in [-0.15, -0.1) is 0 Å². The van der Waals surface area contributed by atoms with E-state index in [0.717, 1.165) is 66.4 Å². The van der Waals surface area contributed by atoms with Crippen LogP contribution in [0.1, 0.15) is 49.7 Å². The number of hydrogen-bond acceptors (Lipinski definition) is 4. The third-order valence-corrected chi connectivity index (χ3v) is 6.80. The van der Waals surface area contributed by atoms with Crippen LogP contribution in [0, 0.1) is 5.41 Å². The Labute approximate surface area is 199 Å². The number of amidine groups is 1. The van der Waals surface area contributed by atoms with Gasteiger partial charge in [0.2, 0.25) is 5.91 Å². The van der Waals surface area contributed by atoms with Gasteiger partial charge in [-0.1, -0.05) is 36.8 Å². The lowest BCUT2D eigenvalue weighted by atomic mass is 9.63. The van der Waals surface area contributed by atoms with E-state index in [1.807, 2.05) is 25.4 Å². The Morgan fingerprint density at radius 3 is 2.47 bits per heavy atom. The Morgan fingerprint density at radius 1 is 1.03 bits per heavy atom. The number of allylic oxidation sites excluding steroid dienone is 2. The zero-order valence-corrected chi connectivity index (χ0v) is 19.3. The summed E-state index contributed by atoms with van der Waals surface area (Å²) in [5.74, 6) is 0.974. The minimum atomic E-state index is -0.520. The van der Waals surface area contributed by atoms with E-state index < -0.39 is 5.41 Å². The number of benzene rings is 1. The summed E-state index contributed by atoms with van der Waals surface area (Å²) in [6.45, 7) is 0. The van der Waals surface area contributed by atoms with Gasteiger partial charge in [-0.3, -0.25) is 14.9 Å². The third kappa shape index (κ3) is 4.33. The fourth-order valence-corrected chi connectivity index (χ4v) is 4.59. The van der Waals surface area contributed by atoms with Crippen molar-refractivity contribution >= 4 is 29.3 Å². The quantitative estimate of drug-likeness (QED) is 0.560. The maximum absolute atomic E-state index is 13.4. The maximum atomic E-state index is 13.4. The minimum absolute atomic E-state index is 0.00620. The number of carbonyl (C=O) groups is 1. The third-order valence-electron chi connectivity index (χ3n) is 6.80. The zero-order valence-electron chi connectivity index (χ0n) is 19.3. The van der Waals surface area contributed by atoms with Crippen LogP contribution in [0.25, 0.3) is 16.7 Å². The smallest absolute Gasteiger partial charge is 0.236 e. The summed E-state index contributed by atoms with van der Waals surface area (Å²) in [6, 6.07) is 12.0. The van der Waals surface area contributed by atoms with Crippen molar-refractivity contribution in [3.05, 3.63) is 72.2 Å². The Hall–Kier alpha value is -3.87. The monoisotopic (exact) mass is 452 g/mol. The molecular weight excluding hydrogens is 424 g/mol. The van der Waals surface area contributed by atoms with Crippen molar-refractivity contribution in [2.45, 2.75) is 43.9 Å². The van der Waals surface area contributed by atoms with Crippen LogP contribution >= 0.6 is 0 Å². The van der Waals surface area contributed by atoms with Crippen LogP contribution in [0.5, 0.6) is 0 Å². The highest BCUT2D eigenvalue weighted by Gasteiger charge is 2.45. The molecule has 1 aromatic carbocycles. The van der Waals surface area contributed by atoms with Crippen LogP contribution in [0.2, 0.25) is 0 Å². The lowest BCUT2D eigenvalue weighted by Crippen LogP contribution is -2.46. The molecule has 0 bridgehead atoms. The number of nitrogens with one attached hydrogen (secondary N) is 2. The van der Waals surface area contributed by atoms with Gasteiger partial charge in [-0.2, -0.15) is 5.10 Å². The van der Waals surface area contributed by atoms with Crippen LogP contribution in [0.4, 0.5) is 5.82 Å². The molecule has 7 nitrogen and oxygen atoms in total. The highest BCUT2D eigenvalue weighted by Crippen LogP contribution is 2.44. The van der Waals surface area contributed by atoms with Gasteiger partial charge in [-0.05, 0) is 54.5 Å². The number of aryl methyl sites for hydroxylation is 1. The first kappa shape index (κ1) is 21.9. The van der Waals surface area contributed by atoms with Crippen LogP contribution in [-0.4, -0.2) is 32.7 Å². The number of rotatable bonds is 5. The van der Waals surface area contributed by atoms with E-state index in [0.29, 0.717) is 11.7 Å². The van der Waals surface area contributed by atoms with E-state index in [-0.39, 0.29) is 5.91 Å². The zero-order chi connectivity index (χ0) is 23.5. The van der Waals surface area contributed by atoms with Gasteiger partial charge >= 0.3 is 0 Å². The Morgan fingerprint density at radius 2 is 1.82 bits per heavy atom. The molecule has 3 aromatic rings. The molecule has 2 aromatic heterocycles. The highest BCUT2D eigenvalue weighted by molar-refractivity contribution is 6.13. The highest BCUT2D eigenvalue weighted by atomic mass is 16.2. The van der Waals surface area contributed by atoms with Crippen LogP contribution in [0.3, 0.4) is 0 Å². The molecule has 1 aliphatic carbocycles. The summed E-state index contributed by atoms with van der Waals surface area (Å²) in [5, 5.41) is 15.1. The fraction of sp³-hybridized carbons (Fsp3) is 0.296. The summed E-state index contributed by atoms with van der Waals surface area (Å²) in [5.41, 5.74) is 4.55. The number of hydrogen-bond donors (Lipinski definition) is 2. The number of nitrogens with zero attached hydrogens (tertiary/aromatic N) is 4. The Kier molecular flexibility index (Phi) is 5.92. The van der Waals surface area contributed by atoms with E-state index in [4.69, 9.17) is 5.41 Å². The lowest BCUT2D eigenvalue weighted by molar-refractivity contribution is -0.124. The standard InChI is InChI=1S/C27H28N6O/c1-33-18-22(17-31-33)21-9-12-25(30-16-21)32-26(34)27(13-4-14-27)23-10-7-19(8-11-23)20-5-2-3-6-24(28)29-15-20/h5,7-12,15-18,28H,2-4,6,13-14H2,1H3,(H,30,32,34)/b20-5+,28-24?,29-15?. The average Bonchev–Trinajstić information content (AvgIpc) is 3.23. The normalized spacial score (nSPS) is 18.9. The van der Waals surface area contributed by atoms with Gasteiger partial charge in [-0.25, -0.2) is 9.98 Å². The summed E-state index contributed by atoms with van der Waals surface area (Å²) in [7, 11) is 1.88. The lowest BCUT2D eigenvalue weighted by Gasteiger charge is -2.40. The predicted octanol–water partition coefficient (Wildman–Crippen LogP) is 5.16. The molecule has 0 atom stereocenters. The predicted molar refractivity (Wildman–Crippen MR) is 135 cm³/mol. The molecule has 2 aliphatic rings. The number of anilines is 1. The summed E-state index contributed by atoms with van der Waals surface area (Å²) < 4.78 is 1.75. The van der Waals surface area contributed by atoms with Crippen molar-refractivity contribution in [3.8, 4) is 11.1 Å². The summed E-state index contributed by atoms with van der Waals surface area (Å²) >= 11 is 0. The molecule has 1 aliphatic heterocycles. The molecule has 5 rings (SSSR count). The first-order valence-corrected chi connectivity index (χ1v) is 11.7. The van der Waals surface area contributed by atoms with Crippen molar-refractivity contribution in [2.75, 3.05) is 5.32 Å². The first-order valence-electron chi connectivity index (χ1n) is 11.7. The van der Waals surface area contributed by atoms with E-state index in [9.17, 15) is 4.79 Å². The number of pyridine rings is 1.